The average Bonchev–Trinajstić information content (AvgIpc) is 2.20. The Morgan fingerprint density at radius 2 is 2.14 bits per heavy atom. The number of ether oxygens (including phenoxy) is 1. The predicted octanol–water partition coefficient (Wildman–Crippen LogP) is 2.53. The minimum absolute atomic E-state index is 0.557. The molecular formula is C11H25NOS. The number of nitrogens with one attached hydrogen (secondary N) is 1. The summed E-state index contributed by atoms with van der Waals surface area (Å²) in [5.41, 5.74) is 0. The van der Waals surface area contributed by atoms with E-state index >= 15 is 0 Å². The molecule has 0 radical (unpaired) electrons. The first-order chi connectivity index (χ1) is 6.85. The molecule has 0 aliphatic rings. The standard InChI is InChI=1S/C11H25NOS/c1-4-8-12-11(10-13-2)7-5-6-9-14-3/h11-12H,4-10H2,1-3H3. The second-order valence-electron chi connectivity index (χ2n) is 3.59. The molecule has 0 fully saturated rings. The minimum atomic E-state index is 0.557. The van der Waals surface area contributed by atoms with Crippen molar-refractivity contribution in [3.05, 3.63) is 0 Å². The summed E-state index contributed by atoms with van der Waals surface area (Å²) in [6.07, 6.45) is 7.25. The lowest BCUT2D eigenvalue weighted by molar-refractivity contribution is 0.161. The Morgan fingerprint density at radius 1 is 1.36 bits per heavy atom. The topological polar surface area (TPSA) is 21.3 Å². The van der Waals surface area contributed by atoms with E-state index in [-0.39, 0.29) is 0 Å². The van der Waals surface area contributed by atoms with Gasteiger partial charge in [-0.3, -0.25) is 0 Å². The van der Waals surface area contributed by atoms with Crippen LogP contribution in [0.4, 0.5) is 0 Å². The lowest BCUT2D eigenvalue weighted by Crippen LogP contribution is -2.33. The predicted molar refractivity (Wildman–Crippen MR) is 66.2 cm³/mol. The monoisotopic (exact) mass is 219 g/mol. The van der Waals surface area contributed by atoms with Gasteiger partial charge in [-0.15, -0.1) is 0 Å². The minimum Gasteiger partial charge on any atom is -0.383 e. The zero-order valence-corrected chi connectivity index (χ0v) is 10.7. The summed E-state index contributed by atoms with van der Waals surface area (Å²) in [7, 11) is 1.78. The molecule has 0 saturated heterocycles. The molecule has 0 aliphatic heterocycles. The molecule has 86 valence electrons. The maximum absolute atomic E-state index is 5.19. The highest BCUT2D eigenvalue weighted by Gasteiger charge is 2.05. The van der Waals surface area contributed by atoms with Gasteiger partial charge in [0.2, 0.25) is 0 Å². The molecule has 0 aromatic heterocycles. The van der Waals surface area contributed by atoms with E-state index in [0.29, 0.717) is 6.04 Å². The van der Waals surface area contributed by atoms with Crippen molar-refractivity contribution in [2.45, 2.75) is 38.6 Å². The van der Waals surface area contributed by atoms with Gasteiger partial charge < -0.3 is 10.1 Å². The summed E-state index contributed by atoms with van der Waals surface area (Å²) >= 11 is 1.93. The van der Waals surface area contributed by atoms with Gasteiger partial charge in [0.1, 0.15) is 0 Å². The summed E-state index contributed by atoms with van der Waals surface area (Å²) < 4.78 is 5.19. The van der Waals surface area contributed by atoms with Crippen molar-refractivity contribution in [2.24, 2.45) is 0 Å². The van der Waals surface area contributed by atoms with Crippen LogP contribution in [0.25, 0.3) is 0 Å². The molecular weight excluding hydrogens is 194 g/mol. The third-order valence-corrected chi connectivity index (χ3v) is 2.90. The van der Waals surface area contributed by atoms with Gasteiger partial charge >= 0.3 is 0 Å². The maximum Gasteiger partial charge on any atom is 0.0615 e. The van der Waals surface area contributed by atoms with Crippen LogP contribution in [0.15, 0.2) is 0 Å². The second-order valence-corrected chi connectivity index (χ2v) is 4.58. The lowest BCUT2D eigenvalue weighted by atomic mass is 10.1. The van der Waals surface area contributed by atoms with Crippen LogP contribution in [-0.4, -0.2) is 38.3 Å². The van der Waals surface area contributed by atoms with Crippen LogP contribution >= 0.6 is 11.8 Å². The quantitative estimate of drug-likeness (QED) is 0.571. The molecule has 2 nitrogen and oxygen atoms in total. The summed E-state index contributed by atoms with van der Waals surface area (Å²) in [4.78, 5) is 0. The Labute approximate surface area is 93.2 Å². The highest BCUT2D eigenvalue weighted by Crippen LogP contribution is 2.05. The van der Waals surface area contributed by atoms with Crippen LogP contribution in [0, 0.1) is 0 Å². The van der Waals surface area contributed by atoms with E-state index in [1.54, 1.807) is 7.11 Å². The zero-order valence-electron chi connectivity index (χ0n) is 9.84. The zero-order chi connectivity index (χ0) is 10.6. The van der Waals surface area contributed by atoms with Crippen molar-refractivity contribution in [3.8, 4) is 0 Å². The molecule has 0 heterocycles. The van der Waals surface area contributed by atoms with Gasteiger partial charge in [-0.25, -0.2) is 0 Å². The number of hydrogen-bond acceptors (Lipinski definition) is 3. The SMILES string of the molecule is CCCNC(CCCCSC)COC. The fourth-order valence-electron chi connectivity index (χ4n) is 1.43. The normalized spacial score (nSPS) is 13.1. The first-order valence-electron chi connectivity index (χ1n) is 5.56. The Kier molecular flexibility index (Phi) is 11.6. The molecule has 3 heteroatoms. The third-order valence-electron chi connectivity index (χ3n) is 2.20. The van der Waals surface area contributed by atoms with E-state index in [1.165, 1.54) is 31.4 Å². The number of thioether (sulfide) groups is 1. The van der Waals surface area contributed by atoms with Crippen molar-refractivity contribution >= 4 is 11.8 Å². The van der Waals surface area contributed by atoms with E-state index in [4.69, 9.17) is 4.74 Å². The first-order valence-corrected chi connectivity index (χ1v) is 6.95. The number of unbranched alkanes of at least 4 members (excludes halogenated alkanes) is 1. The van der Waals surface area contributed by atoms with Crippen LogP contribution in [0.3, 0.4) is 0 Å². The van der Waals surface area contributed by atoms with Crippen molar-refractivity contribution in [1.82, 2.24) is 5.32 Å². The van der Waals surface area contributed by atoms with Gasteiger partial charge in [0.05, 0.1) is 6.61 Å². The number of methoxy groups -OCH3 is 1. The van der Waals surface area contributed by atoms with Crippen LogP contribution in [-0.2, 0) is 4.74 Å². The molecule has 0 bridgehead atoms. The molecule has 0 rings (SSSR count). The van der Waals surface area contributed by atoms with E-state index in [2.05, 4.69) is 18.5 Å². The largest absolute Gasteiger partial charge is 0.383 e. The van der Waals surface area contributed by atoms with Crippen LogP contribution in [0.1, 0.15) is 32.6 Å². The van der Waals surface area contributed by atoms with Crippen molar-refractivity contribution in [2.75, 3.05) is 32.3 Å². The molecule has 1 N–H and O–H groups in total. The summed E-state index contributed by atoms with van der Waals surface area (Å²) in [6.45, 7) is 4.15. The van der Waals surface area contributed by atoms with Crippen molar-refractivity contribution in [1.29, 1.82) is 0 Å². The summed E-state index contributed by atoms with van der Waals surface area (Å²) in [5.74, 6) is 1.29. The third kappa shape index (κ3) is 8.85. The van der Waals surface area contributed by atoms with Gasteiger partial charge in [-0.1, -0.05) is 13.3 Å². The molecule has 0 spiro atoms. The molecule has 14 heavy (non-hydrogen) atoms. The fourth-order valence-corrected chi connectivity index (χ4v) is 1.92. The first kappa shape index (κ1) is 14.3. The molecule has 0 saturated carbocycles. The van der Waals surface area contributed by atoms with Crippen LogP contribution in [0.2, 0.25) is 0 Å². The fraction of sp³-hybridized carbons (Fsp3) is 1.00. The maximum atomic E-state index is 5.19. The smallest absolute Gasteiger partial charge is 0.0615 e. The molecule has 0 aliphatic carbocycles. The number of rotatable bonds is 10. The molecule has 0 aromatic carbocycles. The van der Waals surface area contributed by atoms with Gasteiger partial charge in [0.25, 0.3) is 0 Å². The van der Waals surface area contributed by atoms with Crippen molar-refractivity contribution < 1.29 is 4.74 Å². The lowest BCUT2D eigenvalue weighted by Gasteiger charge is -2.17. The molecule has 1 unspecified atom stereocenters. The Balaban J connectivity index is 3.40. The van der Waals surface area contributed by atoms with E-state index in [1.807, 2.05) is 11.8 Å². The highest BCUT2D eigenvalue weighted by molar-refractivity contribution is 7.98. The van der Waals surface area contributed by atoms with Gasteiger partial charge in [0.15, 0.2) is 0 Å². The highest BCUT2D eigenvalue weighted by atomic mass is 32.2. The van der Waals surface area contributed by atoms with Crippen molar-refractivity contribution in [3.63, 3.8) is 0 Å². The molecule has 0 aromatic rings. The van der Waals surface area contributed by atoms with Crippen LogP contribution < -0.4 is 5.32 Å². The van der Waals surface area contributed by atoms with E-state index in [0.717, 1.165) is 13.2 Å². The summed E-state index contributed by atoms with van der Waals surface area (Å²) in [5, 5.41) is 3.52. The van der Waals surface area contributed by atoms with E-state index < -0.39 is 0 Å². The average molecular weight is 219 g/mol. The van der Waals surface area contributed by atoms with E-state index in [9.17, 15) is 0 Å². The molecule has 0 amide bonds. The Bertz CT molecular complexity index is 111. The van der Waals surface area contributed by atoms with Gasteiger partial charge in [-0.05, 0) is 37.8 Å². The Hall–Kier alpha value is 0.270. The summed E-state index contributed by atoms with van der Waals surface area (Å²) in [6, 6.07) is 0.557. The molecule has 1 atom stereocenters. The Morgan fingerprint density at radius 3 is 2.71 bits per heavy atom. The van der Waals surface area contributed by atoms with Gasteiger partial charge in [0, 0.05) is 13.2 Å². The number of hydrogen-bond donors (Lipinski definition) is 1. The van der Waals surface area contributed by atoms with Gasteiger partial charge in [-0.2, -0.15) is 11.8 Å². The second kappa shape index (κ2) is 11.3. The van der Waals surface area contributed by atoms with Crippen LogP contribution in [0.5, 0.6) is 0 Å².